The van der Waals surface area contributed by atoms with Gasteiger partial charge in [-0.2, -0.15) is 18.2 Å². The molecule has 0 aliphatic rings. The summed E-state index contributed by atoms with van der Waals surface area (Å²) in [6.45, 7) is 1.24. The molecule has 0 bridgehead atoms. The van der Waals surface area contributed by atoms with Crippen LogP contribution in [0.4, 0.5) is 13.2 Å². The molecule has 0 fully saturated rings. The van der Waals surface area contributed by atoms with E-state index in [0.717, 1.165) is 11.3 Å². The summed E-state index contributed by atoms with van der Waals surface area (Å²) in [5.74, 6) is -1.26. The first-order valence-electron chi connectivity index (χ1n) is 5.07. The fourth-order valence-electron chi connectivity index (χ4n) is 1.52. The van der Waals surface area contributed by atoms with E-state index in [0.29, 0.717) is 4.57 Å². The first-order valence-corrected chi connectivity index (χ1v) is 7.45. The lowest BCUT2D eigenvalue weighted by molar-refractivity contribution is -0.147. The van der Waals surface area contributed by atoms with Crippen LogP contribution in [0.15, 0.2) is 9.13 Å². The quantitative estimate of drug-likeness (QED) is 0.790. The predicted molar refractivity (Wildman–Crippen MR) is 64.7 cm³/mol. The minimum absolute atomic E-state index is 0.0848. The average molecular weight is 311 g/mol. The van der Waals surface area contributed by atoms with Crippen LogP contribution >= 0.6 is 11.3 Å². The van der Waals surface area contributed by atoms with Crippen molar-refractivity contribution >= 4 is 32.9 Å². The molecule has 0 radical (unpaired) electrons. The molecule has 0 aliphatic carbocycles. The zero-order valence-electron chi connectivity index (χ0n) is 9.82. The number of thiazole rings is 1. The number of aromatic nitrogens is 3. The molecular weight excluding hydrogens is 303 g/mol. The monoisotopic (exact) mass is 311 g/mol. The van der Waals surface area contributed by atoms with Crippen molar-refractivity contribution in [2.45, 2.75) is 24.0 Å². The van der Waals surface area contributed by atoms with Crippen LogP contribution < -0.4 is 5.56 Å². The SMILES string of the molecule is CCn1c(C(F)(F)F)nc2sc([S+](C)[O-])nc2c1=O. The van der Waals surface area contributed by atoms with Crippen molar-refractivity contribution in [3.63, 3.8) is 0 Å². The molecule has 0 aliphatic heterocycles. The van der Waals surface area contributed by atoms with Gasteiger partial charge in [-0.15, -0.1) is 0 Å². The minimum atomic E-state index is -4.72. The van der Waals surface area contributed by atoms with Crippen molar-refractivity contribution in [3.8, 4) is 0 Å². The summed E-state index contributed by atoms with van der Waals surface area (Å²) in [5, 5.41) is 0. The molecule has 2 rings (SSSR count). The Kier molecular flexibility index (Phi) is 3.58. The van der Waals surface area contributed by atoms with Gasteiger partial charge in [-0.25, -0.2) is 4.98 Å². The highest BCUT2D eigenvalue weighted by Gasteiger charge is 2.37. The molecule has 19 heavy (non-hydrogen) atoms. The Morgan fingerprint density at radius 2 is 2.05 bits per heavy atom. The summed E-state index contributed by atoms with van der Waals surface area (Å²) in [6, 6.07) is 0. The highest BCUT2D eigenvalue weighted by Crippen LogP contribution is 2.29. The first kappa shape index (κ1) is 14.3. The van der Waals surface area contributed by atoms with Gasteiger partial charge in [0.15, 0.2) is 10.3 Å². The second kappa shape index (κ2) is 4.76. The highest BCUT2D eigenvalue weighted by molar-refractivity contribution is 7.92. The summed E-state index contributed by atoms with van der Waals surface area (Å²) in [5.41, 5.74) is -1.04. The zero-order chi connectivity index (χ0) is 14.4. The molecule has 5 nitrogen and oxygen atoms in total. The summed E-state index contributed by atoms with van der Waals surface area (Å²) < 4.78 is 50.3. The van der Waals surface area contributed by atoms with Gasteiger partial charge in [0.05, 0.1) is 0 Å². The topological polar surface area (TPSA) is 70.8 Å². The molecule has 10 heteroatoms. The van der Waals surface area contributed by atoms with Crippen molar-refractivity contribution in [2.75, 3.05) is 6.26 Å². The van der Waals surface area contributed by atoms with Crippen molar-refractivity contribution in [2.24, 2.45) is 0 Å². The van der Waals surface area contributed by atoms with Crippen molar-refractivity contribution in [3.05, 3.63) is 16.2 Å². The van der Waals surface area contributed by atoms with Gasteiger partial charge in [0.1, 0.15) is 6.26 Å². The van der Waals surface area contributed by atoms with Crippen LogP contribution in [0.3, 0.4) is 0 Å². The predicted octanol–water partition coefficient (Wildman–Crippen LogP) is 1.63. The summed E-state index contributed by atoms with van der Waals surface area (Å²) >= 11 is -0.735. The highest BCUT2D eigenvalue weighted by atomic mass is 32.2. The Balaban J connectivity index is 2.82. The Bertz CT molecular complexity index is 678. The standard InChI is InChI=1S/C9H8F3N3O2S2/c1-3-15-6(16)4-5(14-7(15)9(10,11)12)18-8(13-4)19(2)17/h3H2,1-2H3. The average Bonchev–Trinajstić information content (AvgIpc) is 2.72. The van der Waals surface area contributed by atoms with E-state index >= 15 is 0 Å². The Labute approximate surface area is 112 Å². The second-order valence-electron chi connectivity index (χ2n) is 3.57. The summed E-state index contributed by atoms with van der Waals surface area (Å²) in [6.07, 6.45) is -3.39. The van der Waals surface area contributed by atoms with Crippen LogP contribution in [0, 0.1) is 0 Å². The summed E-state index contributed by atoms with van der Waals surface area (Å²) in [7, 11) is 0. The third-order valence-electron chi connectivity index (χ3n) is 2.32. The number of hydrogen-bond acceptors (Lipinski definition) is 5. The number of rotatable bonds is 2. The third kappa shape index (κ3) is 2.47. The lowest BCUT2D eigenvalue weighted by Gasteiger charge is -2.11. The van der Waals surface area contributed by atoms with Gasteiger partial charge in [-0.3, -0.25) is 9.36 Å². The number of halogens is 3. The zero-order valence-corrected chi connectivity index (χ0v) is 11.4. The maximum absolute atomic E-state index is 12.8. The molecule has 0 spiro atoms. The largest absolute Gasteiger partial charge is 0.610 e. The third-order valence-corrected chi connectivity index (χ3v) is 4.60. The van der Waals surface area contributed by atoms with Crippen molar-refractivity contribution in [1.29, 1.82) is 0 Å². The van der Waals surface area contributed by atoms with Crippen LogP contribution in [0.5, 0.6) is 0 Å². The molecule has 1 unspecified atom stereocenters. The maximum Gasteiger partial charge on any atom is 0.449 e. The molecule has 2 heterocycles. The number of hydrogen-bond donors (Lipinski definition) is 0. The van der Waals surface area contributed by atoms with E-state index in [9.17, 15) is 22.5 Å². The molecule has 0 aromatic carbocycles. The minimum Gasteiger partial charge on any atom is -0.610 e. The van der Waals surface area contributed by atoms with Crippen LogP contribution in [-0.2, 0) is 23.9 Å². The van der Waals surface area contributed by atoms with Crippen molar-refractivity contribution < 1.29 is 17.7 Å². The van der Waals surface area contributed by atoms with Crippen LogP contribution in [0.2, 0.25) is 0 Å². The fraction of sp³-hybridized carbons (Fsp3) is 0.444. The molecular formula is C9H8F3N3O2S2. The summed E-state index contributed by atoms with van der Waals surface area (Å²) in [4.78, 5) is 19.0. The fourth-order valence-corrected chi connectivity index (χ4v) is 3.11. The number of nitrogens with zero attached hydrogens (tertiary/aromatic N) is 3. The van der Waals surface area contributed by atoms with Crippen LogP contribution in [-0.4, -0.2) is 25.3 Å². The van der Waals surface area contributed by atoms with E-state index in [1.54, 1.807) is 0 Å². The van der Waals surface area contributed by atoms with Crippen LogP contribution in [0.25, 0.3) is 10.3 Å². The van der Waals surface area contributed by atoms with E-state index in [2.05, 4.69) is 9.97 Å². The lowest BCUT2D eigenvalue weighted by atomic mass is 10.4. The van der Waals surface area contributed by atoms with Gasteiger partial charge in [0.2, 0.25) is 5.82 Å². The van der Waals surface area contributed by atoms with Gasteiger partial charge in [0.25, 0.3) is 5.56 Å². The molecule has 1 atom stereocenters. The van der Waals surface area contributed by atoms with Crippen molar-refractivity contribution in [1.82, 2.24) is 14.5 Å². The molecule has 0 saturated heterocycles. The lowest BCUT2D eigenvalue weighted by Crippen LogP contribution is -2.29. The van der Waals surface area contributed by atoms with Gasteiger partial charge >= 0.3 is 10.5 Å². The Hall–Kier alpha value is -1.13. The van der Waals surface area contributed by atoms with E-state index in [4.69, 9.17) is 0 Å². The first-order chi connectivity index (χ1) is 8.75. The smallest absolute Gasteiger partial charge is 0.449 e. The molecule has 2 aromatic heterocycles. The van der Waals surface area contributed by atoms with E-state index < -0.39 is 28.7 Å². The number of fused-ring (bicyclic) bond motifs is 1. The van der Waals surface area contributed by atoms with Crippen LogP contribution in [0.1, 0.15) is 12.7 Å². The molecule has 0 saturated carbocycles. The molecule has 0 N–H and O–H groups in total. The maximum atomic E-state index is 12.8. The molecule has 104 valence electrons. The van der Waals surface area contributed by atoms with E-state index in [-0.39, 0.29) is 21.2 Å². The normalized spacial score (nSPS) is 14.0. The number of alkyl halides is 3. The van der Waals surface area contributed by atoms with Gasteiger partial charge < -0.3 is 4.55 Å². The molecule has 2 aromatic rings. The van der Waals surface area contributed by atoms with Gasteiger partial charge in [-0.1, -0.05) is 0 Å². The second-order valence-corrected chi connectivity index (χ2v) is 6.10. The van der Waals surface area contributed by atoms with Gasteiger partial charge in [0, 0.05) is 17.7 Å². The Morgan fingerprint density at radius 3 is 2.53 bits per heavy atom. The van der Waals surface area contributed by atoms with Gasteiger partial charge in [-0.05, 0) is 18.3 Å². The Morgan fingerprint density at radius 1 is 1.42 bits per heavy atom. The van der Waals surface area contributed by atoms with E-state index in [1.807, 2.05) is 0 Å². The van der Waals surface area contributed by atoms with E-state index in [1.165, 1.54) is 13.2 Å². The molecule has 0 amide bonds.